The summed E-state index contributed by atoms with van der Waals surface area (Å²) in [5.74, 6) is 0.0173. The van der Waals surface area contributed by atoms with Gasteiger partial charge in [-0.05, 0) is 60.2 Å². The van der Waals surface area contributed by atoms with Gasteiger partial charge < -0.3 is 9.47 Å². The quantitative estimate of drug-likeness (QED) is 0.421. The third-order valence-electron chi connectivity index (χ3n) is 4.35. The van der Waals surface area contributed by atoms with E-state index >= 15 is 0 Å². The summed E-state index contributed by atoms with van der Waals surface area (Å²) in [5, 5.41) is 0.603. The maximum absolute atomic E-state index is 13.0. The molecule has 0 unspecified atom stereocenters. The molecule has 3 aromatic rings. The van der Waals surface area contributed by atoms with Crippen molar-refractivity contribution in [2.75, 3.05) is 6.61 Å². The Morgan fingerprint density at radius 1 is 1.03 bits per heavy atom. The summed E-state index contributed by atoms with van der Waals surface area (Å²) in [6, 6.07) is 17.0. The van der Waals surface area contributed by atoms with Gasteiger partial charge in [-0.15, -0.1) is 0 Å². The molecule has 0 spiro atoms. The van der Waals surface area contributed by atoms with Crippen molar-refractivity contribution >= 4 is 29.2 Å². The third-order valence-corrected chi connectivity index (χ3v) is 4.60. The second kappa shape index (κ2) is 7.89. The van der Waals surface area contributed by atoms with E-state index in [4.69, 9.17) is 21.1 Å². The Bertz CT molecular complexity index is 1120. The molecule has 6 heteroatoms. The lowest BCUT2D eigenvalue weighted by Gasteiger charge is -2.07. The molecule has 0 radical (unpaired) electrons. The fourth-order valence-corrected chi connectivity index (χ4v) is 2.96. The summed E-state index contributed by atoms with van der Waals surface area (Å²) in [7, 11) is 0. The van der Waals surface area contributed by atoms with Crippen LogP contribution in [0, 0.1) is 5.82 Å². The zero-order chi connectivity index (χ0) is 20.4. The van der Waals surface area contributed by atoms with Gasteiger partial charge >= 0.3 is 0 Å². The Morgan fingerprint density at radius 3 is 2.48 bits per heavy atom. The van der Waals surface area contributed by atoms with Gasteiger partial charge in [0.25, 0.3) is 0 Å². The smallest absolute Gasteiger partial charge is 0.231 e. The molecule has 1 aliphatic heterocycles. The first-order chi connectivity index (χ1) is 14.0. The van der Waals surface area contributed by atoms with E-state index in [9.17, 15) is 14.0 Å². The number of halogens is 2. The van der Waals surface area contributed by atoms with E-state index in [0.29, 0.717) is 27.6 Å². The lowest BCUT2D eigenvalue weighted by molar-refractivity contribution is 0.0920. The molecule has 4 nitrogen and oxygen atoms in total. The second-order valence-electron chi connectivity index (χ2n) is 6.37. The lowest BCUT2D eigenvalue weighted by Crippen LogP contribution is -2.11. The largest absolute Gasteiger partial charge is 0.485 e. The van der Waals surface area contributed by atoms with Gasteiger partial charge in [-0.25, -0.2) is 4.39 Å². The number of rotatable bonds is 5. The van der Waals surface area contributed by atoms with Crippen LogP contribution < -0.4 is 9.47 Å². The number of hydrogen-bond acceptors (Lipinski definition) is 4. The van der Waals surface area contributed by atoms with Crippen LogP contribution in [0.25, 0.3) is 6.08 Å². The van der Waals surface area contributed by atoms with Crippen LogP contribution in [-0.4, -0.2) is 18.2 Å². The molecule has 4 rings (SSSR count). The average Bonchev–Trinajstić information content (AvgIpc) is 3.03. The SMILES string of the molecule is O=C(COc1ccc2c(c1)OC(=Cc1ccc(Cl)cc1)C2=O)c1ccc(F)cc1. The number of carbonyl (C=O) groups excluding carboxylic acids is 2. The van der Waals surface area contributed by atoms with Crippen LogP contribution in [0.1, 0.15) is 26.3 Å². The van der Waals surface area contributed by atoms with Crippen LogP contribution in [0.15, 0.2) is 72.5 Å². The summed E-state index contributed by atoms with van der Waals surface area (Å²) in [6.45, 7) is -0.216. The molecule has 29 heavy (non-hydrogen) atoms. The van der Waals surface area contributed by atoms with Crippen LogP contribution in [0.2, 0.25) is 5.02 Å². The minimum atomic E-state index is -0.412. The normalized spacial score (nSPS) is 13.9. The van der Waals surface area contributed by atoms with Crippen molar-refractivity contribution in [2.24, 2.45) is 0 Å². The summed E-state index contributed by atoms with van der Waals surface area (Å²) in [4.78, 5) is 24.7. The first kappa shape index (κ1) is 18.9. The van der Waals surface area contributed by atoms with Gasteiger partial charge in [-0.3, -0.25) is 9.59 Å². The summed E-state index contributed by atoms with van der Waals surface area (Å²) < 4.78 is 24.1. The zero-order valence-corrected chi connectivity index (χ0v) is 15.8. The Labute approximate surface area is 171 Å². The number of hydrogen-bond donors (Lipinski definition) is 0. The Morgan fingerprint density at radius 2 is 1.76 bits per heavy atom. The van der Waals surface area contributed by atoms with E-state index in [0.717, 1.165) is 5.56 Å². The summed E-state index contributed by atoms with van der Waals surface area (Å²) >= 11 is 5.87. The van der Waals surface area contributed by atoms with Gasteiger partial charge in [0.2, 0.25) is 5.78 Å². The predicted molar refractivity (Wildman–Crippen MR) is 107 cm³/mol. The van der Waals surface area contributed by atoms with E-state index in [-0.39, 0.29) is 23.9 Å². The van der Waals surface area contributed by atoms with E-state index in [1.54, 1.807) is 48.5 Å². The first-order valence-electron chi connectivity index (χ1n) is 8.75. The molecule has 0 aliphatic carbocycles. The fourth-order valence-electron chi connectivity index (χ4n) is 2.84. The van der Waals surface area contributed by atoms with Crippen LogP contribution in [0.4, 0.5) is 4.39 Å². The van der Waals surface area contributed by atoms with Gasteiger partial charge in [0, 0.05) is 16.7 Å². The molecule has 1 aliphatic rings. The highest BCUT2D eigenvalue weighted by molar-refractivity contribution is 6.30. The lowest BCUT2D eigenvalue weighted by atomic mass is 10.1. The highest BCUT2D eigenvalue weighted by Gasteiger charge is 2.27. The van der Waals surface area contributed by atoms with Crippen LogP contribution in [0.5, 0.6) is 11.5 Å². The predicted octanol–water partition coefficient (Wildman–Crippen LogP) is 5.36. The summed E-state index contributed by atoms with van der Waals surface area (Å²) in [6.07, 6.45) is 1.64. The van der Waals surface area contributed by atoms with Gasteiger partial charge in [0.05, 0.1) is 5.56 Å². The monoisotopic (exact) mass is 408 g/mol. The number of benzene rings is 3. The number of Topliss-reactive ketones (excluding diaryl/α,β-unsaturated/α-hetero) is 2. The third kappa shape index (κ3) is 4.20. The van der Waals surface area contributed by atoms with Crippen LogP contribution >= 0.6 is 11.6 Å². The maximum atomic E-state index is 13.0. The topological polar surface area (TPSA) is 52.6 Å². The molecule has 0 atom stereocenters. The molecule has 0 N–H and O–H groups in total. The molecule has 0 fully saturated rings. The van der Waals surface area contributed by atoms with Crippen molar-refractivity contribution in [1.29, 1.82) is 0 Å². The highest BCUT2D eigenvalue weighted by atomic mass is 35.5. The molecule has 144 valence electrons. The van der Waals surface area contributed by atoms with E-state index in [2.05, 4.69) is 0 Å². The van der Waals surface area contributed by atoms with E-state index < -0.39 is 5.82 Å². The molecule has 0 saturated carbocycles. The molecule has 0 bridgehead atoms. The molecule has 0 aromatic heterocycles. The Kier molecular flexibility index (Phi) is 5.14. The Balaban J connectivity index is 1.46. The van der Waals surface area contributed by atoms with Gasteiger partial charge in [0.15, 0.2) is 18.1 Å². The fraction of sp³-hybridized carbons (Fsp3) is 0.0435. The molecule has 0 amide bonds. The average molecular weight is 409 g/mol. The van der Waals surface area contributed by atoms with Gasteiger partial charge in [0.1, 0.15) is 17.3 Å². The van der Waals surface area contributed by atoms with Crippen molar-refractivity contribution < 1.29 is 23.5 Å². The Hall–Kier alpha value is -3.44. The number of fused-ring (bicyclic) bond motifs is 1. The number of ether oxygens (including phenoxy) is 2. The molecular weight excluding hydrogens is 395 g/mol. The minimum Gasteiger partial charge on any atom is -0.485 e. The minimum absolute atomic E-state index is 0.196. The van der Waals surface area contributed by atoms with Gasteiger partial charge in [-0.2, -0.15) is 0 Å². The van der Waals surface area contributed by atoms with Crippen LogP contribution in [0.3, 0.4) is 0 Å². The first-order valence-corrected chi connectivity index (χ1v) is 9.13. The molecule has 0 saturated heterocycles. The standard InChI is InChI=1S/C23H14ClFO4/c24-16-5-1-14(2-6-16)11-22-23(27)19-10-9-18(12-21(19)29-22)28-13-20(26)15-3-7-17(25)8-4-15/h1-12H,13H2. The zero-order valence-electron chi connectivity index (χ0n) is 15.0. The van der Waals surface area contributed by atoms with Crippen molar-refractivity contribution in [3.05, 3.63) is 100 Å². The number of allylic oxidation sites excluding steroid dienone is 1. The van der Waals surface area contributed by atoms with Crippen LogP contribution in [-0.2, 0) is 0 Å². The second-order valence-corrected chi connectivity index (χ2v) is 6.80. The maximum Gasteiger partial charge on any atom is 0.231 e. The van der Waals surface area contributed by atoms with Gasteiger partial charge in [-0.1, -0.05) is 23.7 Å². The number of ketones is 2. The molecule has 3 aromatic carbocycles. The van der Waals surface area contributed by atoms with E-state index in [1.165, 1.54) is 24.3 Å². The highest BCUT2D eigenvalue weighted by Crippen LogP contribution is 2.35. The van der Waals surface area contributed by atoms with Crippen molar-refractivity contribution in [3.8, 4) is 11.5 Å². The molecular formula is C23H14ClFO4. The van der Waals surface area contributed by atoms with Crippen molar-refractivity contribution in [3.63, 3.8) is 0 Å². The molecule has 1 heterocycles. The van der Waals surface area contributed by atoms with Crippen molar-refractivity contribution in [1.82, 2.24) is 0 Å². The number of carbonyl (C=O) groups is 2. The van der Waals surface area contributed by atoms with E-state index in [1.807, 2.05) is 0 Å². The van der Waals surface area contributed by atoms with Crippen molar-refractivity contribution in [2.45, 2.75) is 0 Å². The summed E-state index contributed by atoms with van der Waals surface area (Å²) in [5.41, 5.74) is 1.56.